The molecule has 4 rings (SSSR count). The fourth-order valence-corrected chi connectivity index (χ4v) is 6.23. The Morgan fingerprint density at radius 2 is 1.64 bits per heavy atom. The number of amides is 2. The van der Waals surface area contributed by atoms with E-state index in [-0.39, 0.29) is 24.0 Å². The molecule has 0 radical (unpaired) electrons. The van der Waals surface area contributed by atoms with Crippen molar-refractivity contribution in [3.05, 3.63) is 29.8 Å². The van der Waals surface area contributed by atoms with Crippen molar-refractivity contribution in [1.29, 1.82) is 0 Å². The first-order valence-electron chi connectivity index (χ1n) is 15.3. The molecule has 3 fully saturated rings. The number of aliphatic hydroxyl groups excluding tert-OH is 2. The van der Waals surface area contributed by atoms with Crippen LogP contribution >= 0.6 is 0 Å². The van der Waals surface area contributed by atoms with Crippen LogP contribution in [0.5, 0.6) is 5.75 Å². The molecule has 1 saturated heterocycles. The minimum atomic E-state index is -1.34. The molecule has 10 nitrogen and oxygen atoms in total. The summed E-state index contributed by atoms with van der Waals surface area (Å²) < 4.78 is 10.6. The monoisotopic (exact) mass is 586 g/mol. The summed E-state index contributed by atoms with van der Waals surface area (Å²) in [5, 5.41) is 26.8. The second-order valence-corrected chi connectivity index (χ2v) is 12.6. The Bertz CT molecular complexity index is 1100. The average molecular weight is 587 g/mol. The van der Waals surface area contributed by atoms with E-state index < -0.39 is 47.5 Å². The third-order valence-electron chi connectivity index (χ3n) is 9.28. The van der Waals surface area contributed by atoms with Crippen LogP contribution in [0.25, 0.3) is 0 Å². The molecule has 4 N–H and O–H groups in total. The van der Waals surface area contributed by atoms with Crippen LogP contribution in [0.3, 0.4) is 0 Å². The molecule has 2 amide bonds. The van der Waals surface area contributed by atoms with Crippen molar-refractivity contribution < 1.29 is 38.9 Å². The summed E-state index contributed by atoms with van der Waals surface area (Å²) in [7, 11) is 1.52. The van der Waals surface area contributed by atoms with Gasteiger partial charge in [0.25, 0.3) is 0 Å². The summed E-state index contributed by atoms with van der Waals surface area (Å²) in [4.78, 5) is 53.4. The SMILES string of the molecule is COc1ccc([C@@H](O)[C@H](CC(=O)[C@@H](C)NC(=O)C2CCC(O)CC2)C(=O)N[C@@H](CC2CCCC2)C(=O)[C@@]2(C)CO2)cc1. The summed E-state index contributed by atoms with van der Waals surface area (Å²) in [6.07, 6.45) is 4.77. The highest BCUT2D eigenvalue weighted by atomic mass is 16.6. The van der Waals surface area contributed by atoms with Gasteiger partial charge in [-0.05, 0) is 69.6 Å². The zero-order valence-electron chi connectivity index (χ0n) is 25.0. The van der Waals surface area contributed by atoms with Gasteiger partial charge in [0, 0.05) is 12.3 Å². The molecule has 232 valence electrons. The lowest BCUT2D eigenvalue weighted by atomic mass is 9.86. The van der Waals surface area contributed by atoms with Crippen molar-refractivity contribution in [2.45, 2.75) is 108 Å². The largest absolute Gasteiger partial charge is 0.497 e. The second-order valence-electron chi connectivity index (χ2n) is 12.6. The van der Waals surface area contributed by atoms with Crippen LogP contribution in [0.1, 0.15) is 89.7 Å². The first-order valence-corrected chi connectivity index (χ1v) is 15.3. The number of benzene rings is 1. The van der Waals surface area contributed by atoms with Crippen LogP contribution in [0.4, 0.5) is 0 Å². The molecule has 0 spiro atoms. The van der Waals surface area contributed by atoms with Crippen LogP contribution in [0.2, 0.25) is 0 Å². The van der Waals surface area contributed by atoms with Gasteiger partial charge in [0.05, 0.1) is 43.9 Å². The van der Waals surface area contributed by atoms with Gasteiger partial charge in [0.15, 0.2) is 11.6 Å². The van der Waals surface area contributed by atoms with Crippen molar-refractivity contribution >= 4 is 23.4 Å². The van der Waals surface area contributed by atoms with Crippen LogP contribution < -0.4 is 15.4 Å². The first kappa shape index (κ1) is 32.1. The summed E-state index contributed by atoms with van der Waals surface area (Å²) in [6.45, 7) is 3.59. The lowest BCUT2D eigenvalue weighted by Gasteiger charge is -2.28. The Balaban J connectivity index is 1.49. The number of hydrogen-bond donors (Lipinski definition) is 4. The van der Waals surface area contributed by atoms with Gasteiger partial charge in [0.2, 0.25) is 11.8 Å². The number of rotatable bonds is 14. The average Bonchev–Trinajstić information content (AvgIpc) is 3.53. The van der Waals surface area contributed by atoms with Crippen LogP contribution in [-0.4, -0.2) is 71.1 Å². The van der Waals surface area contributed by atoms with Gasteiger partial charge in [-0.25, -0.2) is 0 Å². The predicted octanol–water partition coefficient (Wildman–Crippen LogP) is 2.78. The standard InChI is InChI=1S/C32H46N2O8/c1-19(33-30(39)22-8-12-23(35)13-9-22)27(36)17-25(28(37)21-10-14-24(41-3)15-11-21)31(40)34-26(16-20-6-4-5-7-20)29(38)32(2)18-42-32/h10-11,14-15,19-20,22-23,25-26,28,35,37H,4-9,12-13,16-18H2,1-3H3,(H,33,39)(H,34,40)/t19-,22?,23?,25+,26+,28-,32-/m1/s1. The maximum Gasteiger partial charge on any atom is 0.227 e. The van der Waals surface area contributed by atoms with E-state index in [1.807, 2.05) is 0 Å². The molecule has 0 aromatic heterocycles. The summed E-state index contributed by atoms with van der Waals surface area (Å²) in [5.74, 6) is -2.01. The quantitative estimate of drug-likeness (QED) is 0.243. The van der Waals surface area contributed by atoms with E-state index >= 15 is 0 Å². The van der Waals surface area contributed by atoms with E-state index in [4.69, 9.17) is 9.47 Å². The van der Waals surface area contributed by atoms with E-state index in [9.17, 15) is 29.4 Å². The molecule has 10 heteroatoms. The molecule has 42 heavy (non-hydrogen) atoms. The van der Waals surface area contributed by atoms with E-state index in [0.29, 0.717) is 55.9 Å². The Hall–Kier alpha value is -2.82. The first-order chi connectivity index (χ1) is 20.0. The minimum absolute atomic E-state index is 0.190. The number of methoxy groups -OCH3 is 1. The number of nitrogens with one attached hydrogen (secondary N) is 2. The number of aliphatic hydroxyl groups is 2. The van der Waals surface area contributed by atoms with Gasteiger partial charge >= 0.3 is 0 Å². The van der Waals surface area contributed by atoms with E-state index in [1.54, 1.807) is 38.1 Å². The maximum absolute atomic E-state index is 13.8. The van der Waals surface area contributed by atoms with Crippen molar-refractivity contribution in [3.8, 4) is 5.75 Å². The fraction of sp³-hybridized carbons (Fsp3) is 0.688. The van der Waals surface area contributed by atoms with Crippen molar-refractivity contribution in [2.24, 2.45) is 17.8 Å². The molecule has 1 heterocycles. The number of ketones is 2. The van der Waals surface area contributed by atoms with Gasteiger partial charge in [-0.3, -0.25) is 19.2 Å². The van der Waals surface area contributed by atoms with Crippen LogP contribution in [0.15, 0.2) is 24.3 Å². The lowest BCUT2D eigenvalue weighted by molar-refractivity contribution is -0.138. The Kier molecular flexibility index (Phi) is 10.8. The molecule has 1 aromatic rings. The van der Waals surface area contributed by atoms with Crippen molar-refractivity contribution in [2.75, 3.05) is 13.7 Å². The normalized spacial score (nSPS) is 26.9. The van der Waals surface area contributed by atoms with Gasteiger partial charge < -0.3 is 30.3 Å². The fourth-order valence-electron chi connectivity index (χ4n) is 6.23. The van der Waals surface area contributed by atoms with Gasteiger partial charge in [-0.2, -0.15) is 0 Å². The molecular weight excluding hydrogens is 540 g/mol. The van der Waals surface area contributed by atoms with E-state index in [1.165, 1.54) is 7.11 Å². The van der Waals surface area contributed by atoms with Crippen molar-refractivity contribution in [3.63, 3.8) is 0 Å². The smallest absolute Gasteiger partial charge is 0.227 e. The number of Topliss-reactive ketones (excluding diaryl/α,β-unsaturated/α-hetero) is 2. The summed E-state index contributed by atoms with van der Waals surface area (Å²) in [5.41, 5.74) is -0.498. The molecule has 5 atom stereocenters. The highest BCUT2D eigenvalue weighted by Crippen LogP contribution is 2.34. The van der Waals surface area contributed by atoms with E-state index in [0.717, 1.165) is 25.7 Å². The molecular formula is C32H46N2O8. The Morgan fingerprint density at radius 1 is 1.02 bits per heavy atom. The lowest BCUT2D eigenvalue weighted by Crippen LogP contribution is -2.50. The highest BCUT2D eigenvalue weighted by Gasteiger charge is 2.50. The number of hydrogen-bond acceptors (Lipinski definition) is 8. The van der Waals surface area contributed by atoms with Gasteiger partial charge in [0.1, 0.15) is 11.4 Å². The van der Waals surface area contributed by atoms with E-state index in [2.05, 4.69) is 10.6 Å². The van der Waals surface area contributed by atoms with Gasteiger partial charge in [-0.1, -0.05) is 37.8 Å². The third kappa shape index (κ3) is 8.17. The second kappa shape index (κ2) is 14.1. The molecule has 3 aliphatic rings. The number of carbonyl (C=O) groups excluding carboxylic acids is 4. The van der Waals surface area contributed by atoms with Crippen LogP contribution in [-0.2, 0) is 23.9 Å². The molecule has 1 aliphatic heterocycles. The van der Waals surface area contributed by atoms with Crippen LogP contribution in [0, 0.1) is 17.8 Å². The Labute approximate surface area is 247 Å². The number of carbonyl (C=O) groups is 4. The topological polar surface area (TPSA) is 155 Å². The summed E-state index contributed by atoms with van der Waals surface area (Å²) >= 11 is 0. The molecule has 0 bridgehead atoms. The molecule has 0 unspecified atom stereocenters. The zero-order chi connectivity index (χ0) is 30.4. The number of epoxide rings is 1. The zero-order valence-corrected chi connectivity index (χ0v) is 25.0. The Morgan fingerprint density at radius 3 is 2.21 bits per heavy atom. The maximum atomic E-state index is 13.8. The highest BCUT2D eigenvalue weighted by molar-refractivity contribution is 5.98. The molecule has 2 saturated carbocycles. The van der Waals surface area contributed by atoms with Gasteiger partial charge in [-0.15, -0.1) is 0 Å². The number of ether oxygens (including phenoxy) is 2. The minimum Gasteiger partial charge on any atom is -0.497 e. The van der Waals surface area contributed by atoms with Crippen molar-refractivity contribution in [1.82, 2.24) is 10.6 Å². The molecule has 1 aromatic carbocycles. The summed E-state index contributed by atoms with van der Waals surface area (Å²) in [6, 6.07) is 4.94. The molecule has 2 aliphatic carbocycles. The predicted molar refractivity (Wildman–Crippen MR) is 155 cm³/mol. The third-order valence-corrected chi connectivity index (χ3v) is 9.28.